The van der Waals surface area contributed by atoms with Crippen LogP contribution in [0.3, 0.4) is 0 Å². The molecule has 0 radical (unpaired) electrons. The van der Waals surface area contributed by atoms with Gasteiger partial charge in [-0.3, -0.25) is 10.1 Å². The Labute approximate surface area is 147 Å². The predicted molar refractivity (Wildman–Crippen MR) is 96.4 cm³/mol. The van der Waals surface area contributed by atoms with Gasteiger partial charge in [-0.2, -0.15) is 0 Å². The average molecular weight is 338 g/mol. The number of para-hydroxylation sites is 1. The Kier molecular flexibility index (Phi) is 4.03. The number of ether oxygens (including phenoxy) is 1. The minimum absolute atomic E-state index is 0.217. The van der Waals surface area contributed by atoms with Crippen LogP contribution < -0.4 is 10.2 Å². The van der Waals surface area contributed by atoms with Crippen molar-refractivity contribution in [1.29, 1.82) is 0 Å². The minimum Gasteiger partial charge on any atom is -0.444 e. The zero-order chi connectivity index (χ0) is 18.2. The van der Waals surface area contributed by atoms with Crippen molar-refractivity contribution in [2.45, 2.75) is 31.9 Å². The zero-order valence-corrected chi connectivity index (χ0v) is 14.9. The number of benzene rings is 2. The number of hydrogen-bond acceptors (Lipinski definition) is 3. The van der Waals surface area contributed by atoms with E-state index < -0.39 is 17.2 Å². The molecular weight excluding hydrogens is 316 g/mol. The summed E-state index contributed by atoms with van der Waals surface area (Å²) in [7, 11) is 1.71. The van der Waals surface area contributed by atoms with Gasteiger partial charge in [0.1, 0.15) is 5.60 Å². The molecule has 1 atom stereocenters. The number of likely N-dealkylation sites (N-methyl/N-ethyl adjacent to an activating group) is 1. The molecule has 5 nitrogen and oxygen atoms in total. The molecule has 2 aromatic carbocycles. The lowest BCUT2D eigenvalue weighted by Crippen LogP contribution is -2.54. The Balaban J connectivity index is 2.15. The molecule has 130 valence electrons. The monoisotopic (exact) mass is 338 g/mol. The lowest BCUT2D eigenvalue weighted by atomic mass is 9.84. The summed E-state index contributed by atoms with van der Waals surface area (Å²) in [4.78, 5) is 27.4. The van der Waals surface area contributed by atoms with E-state index in [1.54, 1.807) is 32.7 Å². The van der Waals surface area contributed by atoms with E-state index in [1.165, 1.54) is 0 Å². The molecule has 0 bridgehead atoms. The van der Waals surface area contributed by atoms with Crippen LogP contribution in [-0.4, -0.2) is 24.6 Å². The van der Waals surface area contributed by atoms with Crippen LogP contribution in [0.4, 0.5) is 10.5 Å². The van der Waals surface area contributed by atoms with Crippen LogP contribution in [-0.2, 0) is 15.1 Å². The SMILES string of the molecule is CN1C(=O)[C@@](NC(=O)OC(C)(C)C)(c2ccccc2)c2ccccc21. The molecule has 0 aliphatic carbocycles. The highest BCUT2D eigenvalue weighted by Gasteiger charge is 2.52. The number of carbonyl (C=O) groups is 2. The summed E-state index contributed by atoms with van der Waals surface area (Å²) in [6.07, 6.45) is -0.630. The fourth-order valence-corrected chi connectivity index (χ4v) is 3.18. The van der Waals surface area contributed by atoms with Crippen molar-refractivity contribution >= 4 is 17.7 Å². The third kappa shape index (κ3) is 2.86. The number of alkyl carbamates (subject to hydrolysis) is 1. The molecule has 0 saturated carbocycles. The number of carbonyl (C=O) groups excluding carboxylic acids is 2. The van der Waals surface area contributed by atoms with Crippen molar-refractivity contribution in [3.63, 3.8) is 0 Å². The summed E-state index contributed by atoms with van der Waals surface area (Å²) in [5.41, 5.74) is 0.249. The maximum Gasteiger partial charge on any atom is 0.409 e. The summed E-state index contributed by atoms with van der Waals surface area (Å²) in [6, 6.07) is 16.7. The second kappa shape index (κ2) is 5.92. The summed E-state index contributed by atoms with van der Waals surface area (Å²) in [5.74, 6) is -0.217. The van der Waals surface area contributed by atoms with Gasteiger partial charge >= 0.3 is 6.09 Å². The van der Waals surface area contributed by atoms with E-state index in [2.05, 4.69) is 5.32 Å². The molecule has 2 amide bonds. The van der Waals surface area contributed by atoms with Gasteiger partial charge in [0.2, 0.25) is 0 Å². The standard InChI is InChI=1S/C20H22N2O3/c1-19(2,3)25-18(24)21-20(14-10-6-5-7-11-14)15-12-8-9-13-16(15)22(4)17(20)23/h5-13H,1-4H3,(H,21,24)/t20-/m1/s1. The van der Waals surface area contributed by atoms with E-state index in [-0.39, 0.29) is 5.91 Å². The Morgan fingerprint density at radius 1 is 1.04 bits per heavy atom. The molecule has 2 aromatic rings. The van der Waals surface area contributed by atoms with Crippen molar-refractivity contribution in [3.05, 3.63) is 65.7 Å². The lowest BCUT2D eigenvalue weighted by Gasteiger charge is -2.31. The molecular formula is C20H22N2O3. The van der Waals surface area contributed by atoms with Crippen molar-refractivity contribution in [2.75, 3.05) is 11.9 Å². The van der Waals surface area contributed by atoms with Gasteiger partial charge in [0.25, 0.3) is 5.91 Å². The van der Waals surface area contributed by atoms with Gasteiger partial charge in [0.15, 0.2) is 5.54 Å². The van der Waals surface area contributed by atoms with Crippen LogP contribution in [0.1, 0.15) is 31.9 Å². The number of nitrogens with zero attached hydrogens (tertiary/aromatic N) is 1. The quantitative estimate of drug-likeness (QED) is 0.913. The van der Waals surface area contributed by atoms with Crippen molar-refractivity contribution in [1.82, 2.24) is 5.32 Å². The fraction of sp³-hybridized carbons (Fsp3) is 0.300. The van der Waals surface area contributed by atoms with Crippen LogP contribution in [0.15, 0.2) is 54.6 Å². The van der Waals surface area contributed by atoms with Gasteiger partial charge < -0.3 is 9.64 Å². The summed E-state index contributed by atoms with van der Waals surface area (Å²) >= 11 is 0. The highest BCUT2D eigenvalue weighted by Crippen LogP contribution is 2.43. The summed E-state index contributed by atoms with van der Waals surface area (Å²) < 4.78 is 5.42. The van der Waals surface area contributed by atoms with Crippen LogP contribution in [0, 0.1) is 0 Å². The molecule has 1 heterocycles. The van der Waals surface area contributed by atoms with Gasteiger partial charge in [-0.25, -0.2) is 4.79 Å². The van der Waals surface area contributed by atoms with Gasteiger partial charge in [-0.1, -0.05) is 48.5 Å². The molecule has 0 fully saturated rings. The van der Waals surface area contributed by atoms with Gasteiger partial charge in [-0.15, -0.1) is 0 Å². The topological polar surface area (TPSA) is 58.6 Å². The van der Waals surface area contributed by atoms with E-state index >= 15 is 0 Å². The molecule has 1 N–H and O–H groups in total. The molecule has 0 aromatic heterocycles. The first-order chi connectivity index (χ1) is 11.8. The summed E-state index contributed by atoms with van der Waals surface area (Å²) in [5, 5.41) is 2.85. The third-order valence-electron chi connectivity index (χ3n) is 4.19. The van der Waals surface area contributed by atoms with E-state index in [1.807, 2.05) is 54.6 Å². The maximum atomic E-state index is 13.2. The Morgan fingerprint density at radius 2 is 1.64 bits per heavy atom. The largest absolute Gasteiger partial charge is 0.444 e. The Morgan fingerprint density at radius 3 is 2.28 bits per heavy atom. The molecule has 5 heteroatoms. The first-order valence-corrected chi connectivity index (χ1v) is 8.20. The van der Waals surface area contributed by atoms with Gasteiger partial charge in [0, 0.05) is 18.3 Å². The number of nitrogens with one attached hydrogen (secondary N) is 1. The Bertz CT molecular complexity index is 811. The first-order valence-electron chi connectivity index (χ1n) is 8.20. The number of anilines is 1. The molecule has 1 aliphatic rings. The highest BCUT2D eigenvalue weighted by molar-refractivity contribution is 6.11. The average Bonchev–Trinajstić information content (AvgIpc) is 2.77. The van der Waals surface area contributed by atoms with E-state index in [4.69, 9.17) is 4.74 Å². The highest BCUT2D eigenvalue weighted by atomic mass is 16.6. The summed E-state index contributed by atoms with van der Waals surface area (Å²) in [6.45, 7) is 5.37. The maximum absolute atomic E-state index is 13.2. The fourth-order valence-electron chi connectivity index (χ4n) is 3.18. The molecule has 25 heavy (non-hydrogen) atoms. The second-order valence-corrected chi connectivity index (χ2v) is 7.12. The molecule has 1 aliphatic heterocycles. The van der Waals surface area contributed by atoms with Crippen molar-refractivity contribution in [2.24, 2.45) is 0 Å². The molecule has 0 spiro atoms. The third-order valence-corrected chi connectivity index (χ3v) is 4.19. The Hall–Kier alpha value is -2.82. The smallest absolute Gasteiger partial charge is 0.409 e. The normalized spacial score (nSPS) is 19.5. The van der Waals surface area contributed by atoms with Crippen molar-refractivity contribution in [3.8, 4) is 0 Å². The molecule has 0 saturated heterocycles. The lowest BCUT2D eigenvalue weighted by molar-refractivity contribution is -0.122. The minimum atomic E-state index is -1.30. The first kappa shape index (κ1) is 17.0. The van der Waals surface area contributed by atoms with Gasteiger partial charge in [-0.05, 0) is 32.4 Å². The second-order valence-electron chi connectivity index (χ2n) is 7.12. The van der Waals surface area contributed by atoms with E-state index in [9.17, 15) is 9.59 Å². The number of fused-ring (bicyclic) bond motifs is 1. The van der Waals surface area contributed by atoms with Crippen molar-refractivity contribution < 1.29 is 14.3 Å². The zero-order valence-electron chi connectivity index (χ0n) is 14.9. The van der Waals surface area contributed by atoms with Gasteiger partial charge in [0.05, 0.1) is 0 Å². The van der Waals surface area contributed by atoms with Crippen LogP contribution in [0.2, 0.25) is 0 Å². The number of rotatable bonds is 2. The van der Waals surface area contributed by atoms with E-state index in [0.717, 1.165) is 11.3 Å². The number of hydrogen-bond donors (Lipinski definition) is 1. The van der Waals surface area contributed by atoms with Crippen LogP contribution >= 0.6 is 0 Å². The molecule has 3 rings (SSSR count). The van der Waals surface area contributed by atoms with Crippen LogP contribution in [0.25, 0.3) is 0 Å². The van der Waals surface area contributed by atoms with Crippen LogP contribution in [0.5, 0.6) is 0 Å². The predicted octanol–water partition coefficient (Wildman–Crippen LogP) is 3.43. The molecule has 0 unspecified atom stereocenters. The number of amides is 2. The van der Waals surface area contributed by atoms with E-state index in [0.29, 0.717) is 5.56 Å².